The van der Waals surface area contributed by atoms with Crippen LogP contribution in [0.15, 0.2) is 34.8 Å². The second kappa shape index (κ2) is 8.06. The number of ether oxygens (including phenoxy) is 1. The van der Waals surface area contributed by atoms with Crippen molar-refractivity contribution < 1.29 is 19.4 Å². The lowest BCUT2D eigenvalue weighted by Crippen LogP contribution is -2.09. The fourth-order valence-corrected chi connectivity index (χ4v) is 2.55. The second-order valence-electron chi connectivity index (χ2n) is 5.28. The predicted octanol–water partition coefficient (Wildman–Crippen LogP) is 4.05. The van der Waals surface area contributed by atoms with Crippen LogP contribution in [-0.2, 0) is 9.53 Å². The molecule has 0 bridgehead atoms. The van der Waals surface area contributed by atoms with E-state index in [2.05, 4.69) is 20.9 Å². The molecule has 0 aliphatic rings. The van der Waals surface area contributed by atoms with Crippen molar-refractivity contribution in [1.29, 1.82) is 0 Å². The summed E-state index contributed by atoms with van der Waals surface area (Å²) in [5.74, 6) is -1.07. The summed E-state index contributed by atoms with van der Waals surface area (Å²) < 4.78 is 5.19. The van der Waals surface area contributed by atoms with Crippen LogP contribution in [0, 0.1) is 6.92 Å². The van der Waals surface area contributed by atoms with Gasteiger partial charge in [0.15, 0.2) is 11.5 Å². The van der Waals surface area contributed by atoms with E-state index in [1.54, 1.807) is 13.0 Å². The van der Waals surface area contributed by atoms with Gasteiger partial charge in [-0.15, -0.1) is 0 Å². The van der Waals surface area contributed by atoms with Gasteiger partial charge in [-0.3, -0.25) is 9.59 Å². The number of halogens is 1. The first-order valence-corrected chi connectivity index (χ1v) is 8.37. The number of aromatic hydroxyl groups is 1. The minimum atomic E-state index is -0.445. The minimum absolute atomic E-state index is 0.0415. The van der Waals surface area contributed by atoms with Gasteiger partial charge in [-0.25, -0.2) is 4.98 Å². The number of rotatable bonds is 6. The summed E-state index contributed by atoms with van der Waals surface area (Å²) in [6.45, 7) is 3.95. The van der Waals surface area contributed by atoms with Gasteiger partial charge in [-0.2, -0.15) is 0 Å². The molecule has 24 heavy (non-hydrogen) atoms. The molecular formula is C18H18BrNO4. The summed E-state index contributed by atoms with van der Waals surface area (Å²) in [5.41, 5.74) is 2.46. The quantitative estimate of drug-likeness (QED) is 0.593. The second-order valence-corrected chi connectivity index (χ2v) is 6.14. The Hall–Kier alpha value is -2.21. The van der Waals surface area contributed by atoms with E-state index < -0.39 is 11.8 Å². The van der Waals surface area contributed by atoms with E-state index >= 15 is 0 Å². The molecule has 126 valence electrons. The molecule has 0 aliphatic heterocycles. The summed E-state index contributed by atoms with van der Waals surface area (Å²) in [7, 11) is 0. The molecule has 6 heteroatoms. The van der Waals surface area contributed by atoms with Crippen LogP contribution >= 0.6 is 15.9 Å². The summed E-state index contributed by atoms with van der Waals surface area (Å²) in [6.07, 6.45) is -0.108. The monoisotopic (exact) mass is 391 g/mol. The Labute approximate surface area is 148 Å². The lowest BCUT2D eigenvalue weighted by Gasteiger charge is -2.09. The fourth-order valence-electron chi connectivity index (χ4n) is 2.14. The van der Waals surface area contributed by atoms with Gasteiger partial charge in [0.25, 0.3) is 0 Å². The summed E-state index contributed by atoms with van der Waals surface area (Å²) in [6, 6.07) is 9.34. The van der Waals surface area contributed by atoms with E-state index in [1.807, 2.05) is 31.2 Å². The molecule has 1 aromatic carbocycles. The number of carbonyl (C=O) groups is 2. The molecule has 1 heterocycles. The van der Waals surface area contributed by atoms with E-state index in [4.69, 9.17) is 4.74 Å². The molecule has 0 radical (unpaired) electrons. The standard InChI is InChI=1S/C18H18BrNO4/c1-3-24-16(22)9-8-15(21)17-18(23)13(19)10-14(20-17)12-6-4-11(2)5-7-12/h4-7,10,23H,3,8-9H2,1-2H3. The number of benzene rings is 1. The molecular weight excluding hydrogens is 374 g/mol. The van der Waals surface area contributed by atoms with Crippen molar-refractivity contribution in [3.8, 4) is 17.0 Å². The molecule has 0 amide bonds. The lowest BCUT2D eigenvalue weighted by atomic mass is 10.1. The van der Waals surface area contributed by atoms with Crippen LogP contribution < -0.4 is 0 Å². The summed E-state index contributed by atoms with van der Waals surface area (Å²) in [5, 5.41) is 10.1. The summed E-state index contributed by atoms with van der Waals surface area (Å²) >= 11 is 3.25. The van der Waals surface area contributed by atoms with Gasteiger partial charge in [0.2, 0.25) is 0 Å². The van der Waals surface area contributed by atoms with Gasteiger partial charge in [-0.1, -0.05) is 29.8 Å². The number of pyridine rings is 1. The SMILES string of the molecule is CCOC(=O)CCC(=O)c1nc(-c2ccc(C)cc2)cc(Br)c1O. The molecule has 2 aromatic rings. The highest BCUT2D eigenvalue weighted by atomic mass is 79.9. The number of Topliss-reactive ketones (excluding diaryl/α,β-unsaturated/α-hetero) is 1. The largest absolute Gasteiger partial charge is 0.504 e. The van der Waals surface area contributed by atoms with Gasteiger partial charge in [-0.05, 0) is 35.8 Å². The van der Waals surface area contributed by atoms with E-state index in [0.717, 1.165) is 11.1 Å². The van der Waals surface area contributed by atoms with Crippen LogP contribution in [0.4, 0.5) is 0 Å². The van der Waals surface area contributed by atoms with Crippen molar-refractivity contribution in [1.82, 2.24) is 4.98 Å². The zero-order chi connectivity index (χ0) is 17.7. The number of hydrogen-bond acceptors (Lipinski definition) is 5. The highest BCUT2D eigenvalue weighted by Crippen LogP contribution is 2.32. The van der Waals surface area contributed by atoms with E-state index in [1.165, 1.54) is 0 Å². The fraction of sp³-hybridized carbons (Fsp3) is 0.278. The van der Waals surface area contributed by atoms with Crippen LogP contribution in [0.2, 0.25) is 0 Å². The Morgan fingerprint density at radius 1 is 1.21 bits per heavy atom. The van der Waals surface area contributed by atoms with Gasteiger partial charge in [0, 0.05) is 12.0 Å². The lowest BCUT2D eigenvalue weighted by molar-refractivity contribution is -0.143. The molecule has 0 saturated heterocycles. The van der Waals surface area contributed by atoms with Crippen molar-refractivity contribution in [2.75, 3.05) is 6.61 Å². The predicted molar refractivity (Wildman–Crippen MR) is 94.0 cm³/mol. The maximum Gasteiger partial charge on any atom is 0.306 e. The Morgan fingerprint density at radius 3 is 2.50 bits per heavy atom. The number of ketones is 1. The molecule has 0 saturated carbocycles. The first kappa shape index (κ1) is 18.1. The zero-order valence-electron chi connectivity index (χ0n) is 13.5. The molecule has 2 rings (SSSR count). The number of hydrogen-bond donors (Lipinski definition) is 1. The van der Waals surface area contributed by atoms with Crippen molar-refractivity contribution in [2.24, 2.45) is 0 Å². The molecule has 5 nitrogen and oxygen atoms in total. The molecule has 0 atom stereocenters. The maximum atomic E-state index is 12.3. The smallest absolute Gasteiger partial charge is 0.306 e. The Bertz CT molecular complexity index is 756. The van der Waals surface area contributed by atoms with E-state index in [9.17, 15) is 14.7 Å². The maximum absolute atomic E-state index is 12.3. The number of carbonyl (C=O) groups excluding carboxylic acids is 2. The van der Waals surface area contributed by atoms with Crippen molar-refractivity contribution in [3.63, 3.8) is 0 Å². The van der Waals surface area contributed by atoms with Gasteiger partial charge < -0.3 is 9.84 Å². The zero-order valence-corrected chi connectivity index (χ0v) is 15.1. The average Bonchev–Trinajstić information content (AvgIpc) is 2.56. The van der Waals surface area contributed by atoms with Crippen LogP contribution in [0.5, 0.6) is 5.75 Å². The number of esters is 1. The molecule has 1 N–H and O–H groups in total. The molecule has 1 aromatic heterocycles. The van der Waals surface area contributed by atoms with Crippen molar-refractivity contribution in [3.05, 3.63) is 46.1 Å². The molecule has 0 spiro atoms. The Morgan fingerprint density at radius 2 is 1.88 bits per heavy atom. The minimum Gasteiger partial charge on any atom is -0.504 e. The number of nitrogens with zero attached hydrogens (tertiary/aromatic N) is 1. The summed E-state index contributed by atoms with van der Waals surface area (Å²) in [4.78, 5) is 28.0. The topological polar surface area (TPSA) is 76.5 Å². The molecule has 0 aliphatic carbocycles. The third kappa shape index (κ3) is 4.41. The van der Waals surface area contributed by atoms with Gasteiger partial charge >= 0.3 is 5.97 Å². The van der Waals surface area contributed by atoms with Gasteiger partial charge in [0.1, 0.15) is 5.69 Å². The molecule has 0 unspecified atom stereocenters. The highest BCUT2D eigenvalue weighted by molar-refractivity contribution is 9.10. The first-order valence-electron chi connectivity index (χ1n) is 7.57. The van der Waals surface area contributed by atoms with Gasteiger partial charge in [0.05, 0.1) is 23.2 Å². The first-order chi connectivity index (χ1) is 11.4. The van der Waals surface area contributed by atoms with Crippen LogP contribution in [0.3, 0.4) is 0 Å². The number of aromatic nitrogens is 1. The Balaban J connectivity index is 2.27. The third-order valence-corrected chi connectivity index (χ3v) is 4.02. The van der Waals surface area contributed by atoms with E-state index in [-0.39, 0.29) is 30.9 Å². The third-order valence-electron chi connectivity index (χ3n) is 3.42. The molecule has 0 fully saturated rings. The normalized spacial score (nSPS) is 10.5. The number of aryl methyl sites for hydroxylation is 1. The van der Waals surface area contributed by atoms with Crippen LogP contribution in [0.25, 0.3) is 11.3 Å². The van der Waals surface area contributed by atoms with E-state index in [0.29, 0.717) is 10.2 Å². The van der Waals surface area contributed by atoms with Crippen LogP contribution in [-0.4, -0.2) is 28.4 Å². The van der Waals surface area contributed by atoms with Crippen molar-refractivity contribution in [2.45, 2.75) is 26.7 Å². The van der Waals surface area contributed by atoms with Crippen LogP contribution in [0.1, 0.15) is 35.8 Å². The Kier molecular flexibility index (Phi) is 6.09. The average molecular weight is 392 g/mol. The van der Waals surface area contributed by atoms with Crippen molar-refractivity contribution >= 4 is 27.7 Å². The highest BCUT2D eigenvalue weighted by Gasteiger charge is 2.19.